The van der Waals surface area contributed by atoms with Gasteiger partial charge in [-0.25, -0.2) is 0 Å². The summed E-state index contributed by atoms with van der Waals surface area (Å²) in [4.78, 5) is 0. The van der Waals surface area contributed by atoms with Gasteiger partial charge in [-0.1, -0.05) is 0 Å². The summed E-state index contributed by atoms with van der Waals surface area (Å²) in [6, 6.07) is 0. The minimum absolute atomic E-state index is 0.00250. The normalized spacial score (nSPS) is 39.0. The highest BCUT2D eigenvalue weighted by Gasteiger charge is 2.81. The summed E-state index contributed by atoms with van der Waals surface area (Å²) in [5.41, 5.74) is -0.563. The molecule has 0 bridgehead atoms. The van der Waals surface area contributed by atoms with Crippen molar-refractivity contribution in [1.82, 2.24) is 0 Å². The molecule has 0 spiro atoms. The molecule has 4 unspecified atom stereocenters. The SMILES string of the molecule is CCO[Si](OCC)(OCC)C1(C2(C3CCO3)CCO2)CC(OC)O1. The number of methoxy groups -OCH3 is 1. The van der Waals surface area contributed by atoms with Crippen LogP contribution < -0.4 is 0 Å². The standard InChI is InChI=1S/C16H30O7Si/c1-5-20-24(21-6-2,22-7-3)16(12-14(17-4)23-16)15(9-11-19-15)13-8-10-18-13/h13-14H,5-12H2,1-4H3. The van der Waals surface area contributed by atoms with Gasteiger partial charge in [0.2, 0.25) is 0 Å². The Hall–Kier alpha value is -0.0631. The van der Waals surface area contributed by atoms with E-state index in [1.807, 2.05) is 20.8 Å². The Morgan fingerprint density at radius 3 is 1.88 bits per heavy atom. The van der Waals surface area contributed by atoms with Crippen molar-refractivity contribution >= 4 is 8.80 Å². The predicted octanol–water partition coefficient (Wildman–Crippen LogP) is 1.65. The smallest absolute Gasteiger partial charge is 0.375 e. The van der Waals surface area contributed by atoms with Gasteiger partial charge in [0.1, 0.15) is 5.60 Å². The van der Waals surface area contributed by atoms with E-state index >= 15 is 0 Å². The van der Waals surface area contributed by atoms with Crippen LogP contribution in [0.1, 0.15) is 40.0 Å². The minimum Gasteiger partial charge on any atom is -0.375 e. The van der Waals surface area contributed by atoms with Crippen molar-refractivity contribution in [3.63, 3.8) is 0 Å². The van der Waals surface area contributed by atoms with Crippen molar-refractivity contribution in [3.05, 3.63) is 0 Å². The molecule has 0 radical (unpaired) electrons. The molecule has 140 valence electrons. The molecular formula is C16H30O7Si. The maximum absolute atomic E-state index is 6.32. The molecule has 4 atom stereocenters. The summed E-state index contributed by atoms with van der Waals surface area (Å²) in [5.74, 6) is 0. The third-order valence-corrected chi connectivity index (χ3v) is 9.02. The van der Waals surface area contributed by atoms with Crippen molar-refractivity contribution < 1.29 is 32.2 Å². The summed E-state index contributed by atoms with van der Waals surface area (Å²) in [7, 11) is -1.53. The number of rotatable bonds is 10. The lowest BCUT2D eigenvalue weighted by Crippen LogP contribution is -2.87. The van der Waals surface area contributed by atoms with Gasteiger partial charge < -0.3 is 32.2 Å². The maximum atomic E-state index is 6.32. The van der Waals surface area contributed by atoms with E-state index in [1.54, 1.807) is 7.11 Å². The first-order valence-electron chi connectivity index (χ1n) is 9.01. The Morgan fingerprint density at radius 2 is 1.58 bits per heavy atom. The zero-order chi connectivity index (χ0) is 17.3. The second-order valence-electron chi connectivity index (χ2n) is 6.31. The van der Waals surface area contributed by atoms with E-state index in [-0.39, 0.29) is 12.4 Å². The van der Waals surface area contributed by atoms with Crippen molar-refractivity contribution in [2.45, 2.75) is 63.3 Å². The monoisotopic (exact) mass is 362 g/mol. The molecule has 8 heteroatoms. The number of ether oxygens (including phenoxy) is 4. The summed E-state index contributed by atoms with van der Waals surface area (Å²) in [6.07, 6.45) is 2.15. The fourth-order valence-electron chi connectivity index (χ4n) is 4.11. The zero-order valence-electron chi connectivity index (χ0n) is 15.2. The molecule has 3 aliphatic heterocycles. The van der Waals surface area contributed by atoms with Crippen LogP contribution in [-0.2, 0) is 32.2 Å². The Morgan fingerprint density at radius 1 is 1.04 bits per heavy atom. The topological polar surface area (TPSA) is 64.6 Å². The molecule has 0 aliphatic carbocycles. The first-order chi connectivity index (χ1) is 11.6. The lowest BCUT2D eigenvalue weighted by atomic mass is 9.75. The highest BCUT2D eigenvalue weighted by Crippen LogP contribution is 2.58. The van der Waals surface area contributed by atoms with Crippen LogP contribution in [-0.4, -0.2) is 72.2 Å². The van der Waals surface area contributed by atoms with E-state index in [9.17, 15) is 0 Å². The molecule has 0 saturated carbocycles. The molecule has 0 amide bonds. The third-order valence-electron chi connectivity index (χ3n) is 5.28. The van der Waals surface area contributed by atoms with E-state index in [2.05, 4.69) is 0 Å². The number of hydrogen-bond acceptors (Lipinski definition) is 7. The average Bonchev–Trinajstić information content (AvgIpc) is 2.42. The van der Waals surface area contributed by atoms with Crippen molar-refractivity contribution in [2.24, 2.45) is 0 Å². The van der Waals surface area contributed by atoms with Gasteiger partial charge in [0, 0.05) is 46.4 Å². The predicted molar refractivity (Wildman–Crippen MR) is 87.5 cm³/mol. The van der Waals surface area contributed by atoms with Crippen LogP contribution in [0.25, 0.3) is 0 Å². The Labute approximate surface area is 145 Å². The summed E-state index contributed by atoms with van der Waals surface area (Å²) < 4.78 is 42.3. The summed E-state index contributed by atoms with van der Waals surface area (Å²) >= 11 is 0. The molecule has 0 aromatic rings. The van der Waals surface area contributed by atoms with Gasteiger partial charge in [-0.3, -0.25) is 0 Å². The van der Waals surface area contributed by atoms with Crippen LogP contribution in [0.4, 0.5) is 0 Å². The van der Waals surface area contributed by atoms with Crippen molar-refractivity contribution in [3.8, 4) is 0 Å². The van der Waals surface area contributed by atoms with Gasteiger partial charge >= 0.3 is 8.80 Å². The fourth-order valence-corrected chi connectivity index (χ4v) is 7.77. The molecule has 0 aromatic carbocycles. The molecule has 3 heterocycles. The Bertz CT molecular complexity index is 402. The van der Waals surface area contributed by atoms with Crippen molar-refractivity contribution in [2.75, 3.05) is 40.1 Å². The maximum Gasteiger partial charge on any atom is 0.538 e. The molecule has 3 saturated heterocycles. The minimum atomic E-state index is -3.18. The van der Waals surface area contributed by atoms with Crippen LogP contribution in [0.2, 0.25) is 0 Å². The molecule has 7 nitrogen and oxygen atoms in total. The van der Waals surface area contributed by atoms with Crippen LogP contribution >= 0.6 is 0 Å². The lowest BCUT2D eigenvalue weighted by molar-refractivity contribution is -0.397. The highest BCUT2D eigenvalue weighted by atomic mass is 28.4. The van der Waals surface area contributed by atoms with Crippen LogP contribution in [0.3, 0.4) is 0 Å². The van der Waals surface area contributed by atoms with E-state index in [1.165, 1.54) is 0 Å². The average molecular weight is 362 g/mol. The van der Waals surface area contributed by atoms with Gasteiger partial charge in [-0.2, -0.15) is 0 Å². The van der Waals surface area contributed by atoms with E-state index in [0.717, 1.165) is 19.4 Å². The molecule has 3 fully saturated rings. The van der Waals surface area contributed by atoms with Crippen LogP contribution in [0.15, 0.2) is 0 Å². The summed E-state index contributed by atoms with van der Waals surface area (Å²) in [5, 5.41) is -0.772. The fraction of sp³-hybridized carbons (Fsp3) is 1.00. The first kappa shape index (κ1) is 18.7. The first-order valence-corrected chi connectivity index (χ1v) is 10.7. The van der Waals surface area contributed by atoms with Gasteiger partial charge in [0.25, 0.3) is 0 Å². The molecule has 24 heavy (non-hydrogen) atoms. The van der Waals surface area contributed by atoms with Crippen LogP contribution in [0.5, 0.6) is 0 Å². The molecule has 0 aromatic heterocycles. The molecule has 3 aliphatic rings. The lowest BCUT2D eigenvalue weighted by Gasteiger charge is -2.66. The highest BCUT2D eigenvalue weighted by molar-refractivity contribution is 6.64. The van der Waals surface area contributed by atoms with E-state index in [4.69, 9.17) is 32.2 Å². The van der Waals surface area contributed by atoms with Gasteiger partial charge in [0.05, 0.1) is 12.7 Å². The Balaban J connectivity index is 1.99. The number of hydrogen-bond donors (Lipinski definition) is 0. The summed E-state index contributed by atoms with van der Waals surface area (Å²) in [6.45, 7) is 8.80. The second kappa shape index (κ2) is 7.28. The Kier molecular flexibility index (Phi) is 5.68. The largest absolute Gasteiger partial charge is 0.538 e. The molecule has 3 rings (SSSR count). The molecule has 0 N–H and O–H groups in total. The quantitative estimate of drug-likeness (QED) is 0.548. The third kappa shape index (κ3) is 2.51. The van der Waals surface area contributed by atoms with E-state index in [0.29, 0.717) is 32.8 Å². The molecular weight excluding hydrogens is 332 g/mol. The van der Waals surface area contributed by atoms with Crippen LogP contribution in [0, 0.1) is 0 Å². The van der Waals surface area contributed by atoms with Gasteiger partial charge in [-0.15, -0.1) is 0 Å². The van der Waals surface area contributed by atoms with Crippen molar-refractivity contribution in [1.29, 1.82) is 0 Å². The van der Waals surface area contributed by atoms with Gasteiger partial charge in [0.15, 0.2) is 11.5 Å². The van der Waals surface area contributed by atoms with E-state index < -0.39 is 19.6 Å². The zero-order valence-corrected chi connectivity index (χ0v) is 16.2. The van der Waals surface area contributed by atoms with Gasteiger partial charge in [-0.05, 0) is 27.2 Å². The second-order valence-corrected chi connectivity index (χ2v) is 9.09.